The number of hydrogen-bond acceptors (Lipinski definition) is 1. The second kappa shape index (κ2) is 6.79. The van der Waals surface area contributed by atoms with Gasteiger partial charge in [-0.25, -0.2) is 4.39 Å². The highest BCUT2D eigenvalue weighted by Crippen LogP contribution is 2.36. The first-order valence-electron chi connectivity index (χ1n) is 6.12. The van der Waals surface area contributed by atoms with Crippen LogP contribution < -0.4 is 5.32 Å². The van der Waals surface area contributed by atoms with Crippen molar-refractivity contribution in [2.45, 2.75) is 19.4 Å². The molecule has 0 aromatic heterocycles. The molecule has 0 aliphatic rings. The largest absolute Gasteiger partial charge is 0.381 e. The summed E-state index contributed by atoms with van der Waals surface area (Å²) in [6.45, 7) is 2.04. The molecule has 1 N–H and O–H groups in total. The second-order valence-electron chi connectivity index (χ2n) is 4.60. The third kappa shape index (κ3) is 3.87. The van der Waals surface area contributed by atoms with E-state index in [2.05, 4.69) is 21.2 Å². The first kappa shape index (κ1) is 15.6. The molecule has 1 atom stereocenters. The van der Waals surface area contributed by atoms with E-state index in [1.54, 1.807) is 12.1 Å². The molecule has 2 aromatic rings. The van der Waals surface area contributed by atoms with Crippen molar-refractivity contribution in [2.75, 3.05) is 5.32 Å². The first-order valence-corrected chi connectivity index (χ1v) is 7.66. The van der Waals surface area contributed by atoms with Crippen LogP contribution in [0.4, 0.5) is 10.1 Å². The van der Waals surface area contributed by atoms with E-state index >= 15 is 0 Å². The molecule has 0 amide bonds. The molecule has 0 radical (unpaired) electrons. The fourth-order valence-electron chi connectivity index (χ4n) is 1.93. The van der Waals surface area contributed by atoms with Crippen molar-refractivity contribution < 1.29 is 4.39 Å². The molecule has 0 fully saturated rings. The maximum atomic E-state index is 12.9. The second-order valence-corrected chi connectivity index (χ2v) is 6.21. The standard InChI is InChI=1S/C15H13BrCl2FN/c1-9(8-10-2-4-11(19)5-3-10)20-13-7-6-12(16)14(17)15(13)18/h2-7,9,20H,8H2,1H3. The fourth-order valence-corrected chi connectivity index (χ4v) is 2.76. The van der Waals surface area contributed by atoms with Crippen molar-refractivity contribution in [1.29, 1.82) is 0 Å². The van der Waals surface area contributed by atoms with Crippen LogP contribution in [-0.4, -0.2) is 6.04 Å². The Bertz CT molecular complexity index is 602. The van der Waals surface area contributed by atoms with Crippen LogP contribution in [0, 0.1) is 5.82 Å². The van der Waals surface area contributed by atoms with E-state index < -0.39 is 0 Å². The van der Waals surface area contributed by atoms with E-state index in [-0.39, 0.29) is 11.9 Å². The van der Waals surface area contributed by atoms with Gasteiger partial charge in [-0.1, -0.05) is 35.3 Å². The number of benzene rings is 2. The van der Waals surface area contributed by atoms with Gasteiger partial charge in [0, 0.05) is 10.5 Å². The summed E-state index contributed by atoms with van der Waals surface area (Å²) >= 11 is 15.6. The van der Waals surface area contributed by atoms with Crippen LogP contribution in [0.1, 0.15) is 12.5 Å². The van der Waals surface area contributed by atoms with E-state index in [4.69, 9.17) is 23.2 Å². The number of nitrogens with one attached hydrogen (secondary N) is 1. The van der Waals surface area contributed by atoms with Gasteiger partial charge in [0.05, 0.1) is 15.7 Å². The topological polar surface area (TPSA) is 12.0 Å². The van der Waals surface area contributed by atoms with Crippen LogP contribution in [0.25, 0.3) is 0 Å². The molecule has 0 heterocycles. The summed E-state index contributed by atoms with van der Waals surface area (Å²) < 4.78 is 13.6. The van der Waals surface area contributed by atoms with Crippen LogP contribution in [0.2, 0.25) is 10.0 Å². The molecule has 0 aliphatic heterocycles. The lowest BCUT2D eigenvalue weighted by Gasteiger charge is -2.17. The van der Waals surface area contributed by atoms with E-state index in [0.29, 0.717) is 10.0 Å². The molecule has 0 saturated carbocycles. The summed E-state index contributed by atoms with van der Waals surface area (Å²) in [4.78, 5) is 0. The zero-order valence-corrected chi connectivity index (χ0v) is 13.9. The van der Waals surface area contributed by atoms with Crippen LogP contribution in [-0.2, 0) is 6.42 Å². The van der Waals surface area contributed by atoms with Gasteiger partial charge in [0.2, 0.25) is 0 Å². The Kier molecular flexibility index (Phi) is 5.30. The van der Waals surface area contributed by atoms with Crippen LogP contribution in [0.15, 0.2) is 40.9 Å². The molecule has 0 saturated heterocycles. The molecule has 20 heavy (non-hydrogen) atoms. The normalized spacial score (nSPS) is 12.2. The highest BCUT2D eigenvalue weighted by Gasteiger charge is 2.11. The number of hydrogen-bond donors (Lipinski definition) is 1. The summed E-state index contributed by atoms with van der Waals surface area (Å²) in [5, 5.41) is 4.29. The van der Waals surface area contributed by atoms with Gasteiger partial charge >= 0.3 is 0 Å². The number of rotatable bonds is 4. The third-order valence-corrected chi connectivity index (χ3v) is 4.66. The van der Waals surface area contributed by atoms with Crippen LogP contribution in [0.5, 0.6) is 0 Å². The predicted molar refractivity (Wildman–Crippen MR) is 87.4 cm³/mol. The Balaban J connectivity index is 2.06. The lowest BCUT2D eigenvalue weighted by molar-refractivity contribution is 0.626. The highest BCUT2D eigenvalue weighted by atomic mass is 79.9. The molecule has 1 nitrogen and oxygen atoms in total. The quantitative estimate of drug-likeness (QED) is 0.651. The predicted octanol–water partition coefficient (Wildman–Crippen LogP) is 5.94. The van der Waals surface area contributed by atoms with Crippen molar-refractivity contribution in [3.05, 3.63) is 62.3 Å². The van der Waals surface area contributed by atoms with Gasteiger partial charge in [-0.2, -0.15) is 0 Å². The summed E-state index contributed by atoms with van der Waals surface area (Å²) in [6, 6.07) is 10.4. The monoisotopic (exact) mass is 375 g/mol. The molecule has 0 bridgehead atoms. The molecule has 1 unspecified atom stereocenters. The molecule has 5 heteroatoms. The minimum Gasteiger partial charge on any atom is -0.381 e. The average Bonchev–Trinajstić information content (AvgIpc) is 2.42. The third-order valence-electron chi connectivity index (χ3n) is 2.89. The maximum absolute atomic E-state index is 12.9. The van der Waals surface area contributed by atoms with Gasteiger partial charge < -0.3 is 5.32 Å². The van der Waals surface area contributed by atoms with E-state index in [1.807, 2.05) is 19.1 Å². The average molecular weight is 377 g/mol. The van der Waals surface area contributed by atoms with Crippen molar-refractivity contribution in [2.24, 2.45) is 0 Å². The maximum Gasteiger partial charge on any atom is 0.123 e. The minimum atomic E-state index is -0.225. The molecule has 2 aromatic carbocycles. The van der Waals surface area contributed by atoms with Gasteiger partial charge in [-0.3, -0.25) is 0 Å². The Labute approximate surface area is 136 Å². The SMILES string of the molecule is CC(Cc1ccc(F)cc1)Nc1ccc(Br)c(Cl)c1Cl. The number of halogens is 4. The zero-order valence-electron chi connectivity index (χ0n) is 10.8. The molecule has 0 aliphatic carbocycles. The lowest BCUT2D eigenvalue weighted by atomic mass is 10.1. The minimum absolute atomic E-state index is 0.148. The Hall–Kier alpha value is -0.770. The Morgan fingerprint density at radius 1 is 1.10 bits per heavy atom. The highest BCUT2D eigenvalue weighted by molar-refractivity contribution is 9.10. The summed E-state index contributed by atoms with van der Waals surface area (Å²) in [7, 11) is 0. The van der Waals surface area contributed by atoms with Gasteiger partial charge in [-0.05, 0) is 59.1 Å². The molecular weight excluding hydrogens is 364 g/mol. The number of anilines is 1. The van der Waals surface area contributed by atoms with Crippen molar-refractivity contribution >= 4 is 44.8 Å². The fraction of sp³-hybridized carbons (Fsp3) is 0.200. The van der Waals surface area contributed by atoms with Crippen molar-refractivity contribution in [1.82, 2.24) is 0 Å². The Morgan fingerprint density at radius 2 is 1.75 bits per heavy atom. The molecule has 0 spiro atoms. The van der Waals surface area contributed by atoms with Crippen LogP contribution in [0.3, 0.4) is 0 Å². The summed E-state index contributed by atoms with van der Waals surface area (Å²) in [6.07, 6.45) is 0.768. The molecular formula is C15H13BrCl2FN. The van der Waals surface area contributed by atoms with E-state index in [9.17, 15) is 4.39 Å². The summed E-state index contributed by atoms with van der Waals surface area (Å²) in [5.74, 6) is -0.225. The smallest absolute Gasteiger partial charge is 0.123 e. The lowest BCUT2D eigenvalue weighted by Crippen LogP contribution is -2.18. The molecule has 106 valence electrons. The van der Waals surface area contributed by atoms with E-state index in [1.165, 1.54) is 12.1 Å². The zero-order chi connectivity index (χ0) is 14.7. The Morgan fingerprint density at radius 3 is 2.40 bits per heavy atom. The van der Waals surface area contributed by atoms with Gasteiger partial charge in [-0.15, -0.1) is 0 Å². The molecule has 2 rings (SSSR count). The van der Waals surface area contributed by atoms with E-state index in [0.717, 1.165) is 22.1 Å². The van der Waals surface area contributed by atoms with Crippen LogP contribution >= 0.6 is 39.1 Å². The first-order chi connectivity index (χ1) is 9.47. The van der Waals surface area contributed by atoms with Gasteiger partial charge in [0.25, 0.3) is 0 Å². The van der Waals surface area contributed by atoms with Crippen molar-refractivity contribution in [3.8, 4) is 0 Å². The summed E-state index contributed by atoms with van der Waals surface area (Å²) in [5.41, 5.74) is 1.85. The van der Waals surface area contributed by atoms with Gasteiger partial charge in [0.15, 0.2) is 0 Å². The van der Waals surface area contributed by atoms with Gasteiger partial charge in [0.1, 0.15) is 5.82 Å². The van der Waals surface area contributed by atoms with Crippen molar-refractivity contribution in [3.63, 3.8) is 0 Å².